The zero-order chi connectivity index (χ0) is 33.4. The van der Waals surface area contributed by atoms with Gasteiger partial charge in [-0.15, -0.1) is 0 Å². The molecule has 6 heterocycles. The molecule has 48 heavy (non-hydrogen) atoms. The summed E-state index contributed by atoms with van der Waals surface area (Å²) in [5.41, 5.74) is 3.66. The van der Waals surface area contributed by atoms with Gasteiger partial charge in [0.15, 0.2) is 11.5 Å². The van der Waals surface area contributed by atoms with E-state index >= 15 is 0 Å². The summed E-state index contributed by atoms with van der Waals surface area (Å²) in [6, 6.07) is 15.1. The minimum atomic E-state index is -3.94. The Kier molecular flexibility index (Phi) is 7.40. The maximum absolute atomic E-state index is 12.6. The van der Waals surface area contributed by atoms with Gasteiger partial charge in [-0.2, -0.15) is 8.42 Å². The van der Waals surface area contributed by atoms with Gasteiger partial charge in [-0.3, -0.25) is 14.7 Å². The normalized spacial score (nSPS) is 25.2. The Bertz CT molecular complexity index is 2030. The number of para-hydroxylation sites is 1. The van der Waals surface area contributed by atoms with Crippen LogP contribution in [0.2, 0.25) is 5.02 Å². The van der Waals surface area contributed by atoms with Crippen LogP contribution < -0.4 is 18.5 Å². The van der Waals surface area contributed by atoms with E-state index < -0.39 is 21.9 Å². The minimum absolute atomic E-state index is 0.00808. The highest BCUT2D eigenvalue weighted by Gasteiger charge is 2.43. The molecule has 8 rings (SSSR count). The number of carbonyl (C=O) groups excluding carboxylic acids is 1. The topological polar surface area (TPSA) is 128 Å². The van der Waals surface area contributed by atoms with E-state index in [1.165, 1.54) is 0 Å². The number of rotatable bonds is 6. The van der Waals surface area contributed by atoms with Crippen molar-refractivity contribution in [3.05, 3.63) is 76.8 Å². The number of likely N-dealkylation sites (tertiary alicyclic amines) is 1. The number of nitrogens with one attached hydrogen (secondary N) is 1. The van der Waals surface area contributed by atoms with Crippen molar-refractivity contribution in [2.24, 2.45) is 5.41 Å². The van der Waals surface area contributed by atoms with E-state index in [2.05, 4.69) is 39.1 Å². The molecule has 0 saturated carbocycles. The van der Waals surface area contributed by atoms with Gasteiger partial charge in [-0.25, -0.2) is 14.0 Å². The summed E-state index contributed by atoms with van der Waals surface area (Å²) < 4.78 is 49.4. The maximum atomic E-state index is 12.6. The molecule has 1 amide bonds. The van der Waals surface area contributed by atoms with Crippen LogP contribution in [0, 0.1) is 5.41 Å². The van der Waals surface area contributed by atoms with Crippen molar-refractivity contribution in [2.45, 2.75) is 57.9 Å². The SMILES string of the molecule is CC1(C)COC[C@H]1n1c(CN2CCC(c3cccc4c3O[C@@](C)(c3ccc(Cl)cn3)O4)CC2)nc2ccc(N3CC(=O)NS3(=O)=O)cc21. The van der Waals surface area contributed by atoms with E-state index in [-0.39, 0.29) is 18.0 Å². The van der Waals surface area contributed by atoms with E-state index in [0.717, 1.165) is 58.4 Å². The van der Waals surface area contributed by atoms with Crippen LogP contribution >= 0.6 is 11.6 Å². The molecule has 252 valence electrons. The van der Waals surface area contributed by atoms with Gasteiger partial charge in [-0.1, -0.05) is 37.6 Å². The van der Waals surface area contributed by atoms with Gasteiger partial charge >= 0.3 is 10.2 Å². The van der Waals surface area contributed by atoms with E-state index in [9.17, 15) is 13.2 Å². The van der Waals surface area contributed by atoms with Crippen molar-refractivity contribution < 1.29 is 27.4 Å². The van der Waals surface area contributed by atoms with Crippen LogP contribution in [-0.4, -0.2) is 66.6 Å². The zero-order valence-corrected chi connectivity index (χ0v) is 28.6. The first kappa shape index (κ1) is 31.4. The lowest BCUT2D eigenvalue weighted by atomic mass is 9.87. The third-order valence-corrected chi connectivity index (χ3v) is 11.6. The molecule has 0 radical (unpaired) electrons. The Hall–Kier alpha value is -3.91. The molecule has 3 saturated heterocycles. The van der Waals surface area contributed by atoms with Crippen LogP contribution in [0.3, 0.4) is 0 Å². The first-order chi connectivity index (χ1) is 22.9. The standard InChI is InChI=1S/C34H37ClN6O6S/c1-33(2)20-45-19-29(33)41-26-15-23(40-18-31(42)38-48(40,43)44)8-9-25(26)37-30(41)17-39-13-11-21(12-14-39)24-5-4-6-27-32(24)47-34(3,46-27)28-10-7-22(35)16-36-28/h4-10,15-16,21,29H,11-14,17-20H2,1-3H3,(H,38,42)/t29-,34+/m1/s1. The summed E-state index contributed by atoms with van der Waals surface area (Å²) in [5.74, 6) is 1.10. The van der Waals surface area contributed by atoms with Gasteiger partial charge in [0.2, 0.25) is 0 Å². The lowest BCUT2D eigenvalue weighted by Crippen LogP contribution is -2.35. The molecule has 2 aromatic heterocycles. The molecule has 3 fully saturated rings. The second-order valence-corrected chi connectivity index (χ2v) is 15.9. The number of pyridine rings is 1. The van der Waals surface area contributed by atoms with Gasteiger partial charge in [0.25, 0.3) is 11.7 Å². The summed E-state index contributed by atoms with van der Waals surface area (Å²) in [6.45, 7) is 9.50. The lowest BCUT2D eigenvalue weighted by Gasteiger charge is -2.34. The quantitative estimate of drug-likeness (QED) is 0.301. The number of aromatic nitrogens is 3. The predicted molar refractivity (Wildman–Crippen MR) is 179 cm³/mol. The molecule has 2 atom stereocenters. The Balaban J connectivity index is 1.04. The molecule has 0 aliphatic carbocycles. The third-order valence-electron chi connectivity index (χ3n) is 10.0. The average Bonchev–Trinajstić information content (AvgIpc) is 3.77. The van der Waals surface area contributed by atoms with E-state index in [0.29, 0.717) is 47.8 Å². The summed E-state index contributed by atoms with van der Waals surface area (Å²) >= 11 is 6.07. The van der Waals surface area contributed by atoms with Crippen LogP contribution in [0.15, 0.2) is 54.7 Å². The fourth-order valence-corrected chi connectivity index (χ4v) is 8.67. The number of ether oxygens (including phenoxy) is 3. The summed E-state index contributed by atoms with van der Waals surface area (Å²) in [7, 11) is -3.94. The van der Waals surface area contributed by atoms with Gasteiger partial charge in [0.05, 0.1) is 47.5 Å². The molecule has 4 aliphatic rings. The van der Waals surface area contributed by atoms with Crippen molar-refractivity contribution in [2.75, 3.05) is 37.2 Å². The first-order valence-corrected chi connectivity index (χ1v) is 18.0. The molecular weight excluding hydrogens is 656 g/mol. The van der Waals surface area contributed by atoms with Crippen LogP contribution in [0.4, 0.5) is 5.69 Å². The van der Waals surface area contributed by atoms with Gasteiger partial charge < -0.3 is 18.8 Å². The number of amides is 1. The van der Waals surface area contributed by atoms with E-state index in [1.807, 2.05) is 37.3 Å². The number of hydrogen-bond acceptors (Lipinski definition) is 9. The molecule has 1 N–H and O–H groups in total. The van der Waals surface area contributed by atoms with Crippen molar-refractivity contribution in [1.29, 1.82) is 0 Å². The maximum Gasteiger partial charge on any atom is 0.326 e. The van der Waals surface area contributed by atoms with Crippen molar-refractivity contribution in [1.82, 2.24) is 24.2 Å². The molecular formula is C34H37ClN6O6S. The van der Waals surface area contributed by atoms with Crippen molar-refractivity contribution >= 4 is 44.4 Å². The van der Waals surface area contributed by atoms with Crippen LogP contribution in [-0.2, 0) is 32.1 Å². The number of piperidine rings is 1. The molecule has 4 aromatic rings. The number of fused-ring (bicyclic) bond motifs is 2. The summed E-state index contributed by atoms with van der Waals surface area (Å²) in [5, 5.41) is 0.554. The minimum Gasteiger partial charge on any atom is -0.443 e. The molecule has 0 unspecified atom stereocenters. The number of nitrogens with zero attached hydrogens (tertiary/aromatic N) is 5. The fraction of sp³-hybridized carbons (Fsp3) is 0.441. The van der Waals surface area contributed by atoms with Crippen molar-refractivity contribution in [3.8, 4) is 11.5 Å². The highest BCUT2D eigenvalue weighted by Crippen LogP contribution is 2.49. The Morgan fingerprint density at radius 3 is 2.56 bits per heavy atom. The molecule has 12 nitrogen and oxygen atoms in total. The van der Waals surface area contributed by atoms with Crippen LogP contribution in [0.5, 0.6) is 11.5 Å². The Labute approximate surface area is 284 Å². The van der Waals surface area contributed by atoms with E-state index in [4.69, 9.17) is 30.8 Å². The lowest BCUT2D eigenvalue weighted by molar-refractivity contribution is -0.117. The number of hydrogen-bond donors (Lipinski definition) is 1. The number of carbonyl (C=O) groups is 1. The fourth-order valence-electron chi connectivity index (χ4n) is 7.42. The number of halogens is 1. The van der Waals surface area contributed by atoms with Gasteiger partial charge in [-0.05, 0) is 68.2 Å². The molecule has 0 bridgehead atoms. The predicted octanol–water partition coefficient (Wildman–Crippen LogP) is 4.89. The third kappa shape index (κ3) is 5.37. The summed E-state index contributed by atoms with van der Waals surface area (Å²) in [6.07, 6.45) is 3.47. The van der Waals surface area contributed by atoms with Gasteiger partial charge in [0, 0.05) is 24.1 Å². The number of imidazole rings is 1. The van der Waals surface area contributed by atoms with Crippen LogP contribution in [0.1, 0.15) is 62.7 Å². The number of anilines is 1. The van der Waals surface area contributed by atoms with Crippen LogP contribution in [0.25, 0.3) is 11.0 Å². The zero-order valence-electron chi connectivity index (χ0n) is 27.0. The smallest absolute Gasteiger partial charge is 0.326 e. The Morgan fingerprint density at radius 2 is 1.88 bits per heavy atom. The van der Waals surface area contributed by atoms with Crippen molar-refractivity contribution in [3.63, 3.8) is 0 Å². The second kappa shape index (κ2) is 11.3. The highest BCUT2D eigenvalue weighted by atomic mass is 35.5. The largest absolute Gasteiger partial charge is 0.443 e. The molecule has 14 heteroatoms. The Morgan fingerprint density at radius 1 is 1.06 bits per heavy atom. The van der Waals surface area contributed by atoms with Gasteiger partial charge in [0.1, 0.15) is 18.1 Å². The molecule has 0 spiro atoms. The monoisotopic (exact) mass is 692 g/mol. The first-order valence-electron chi connectivity index (χ1n) is 16.2. The molecule has 4 aliphatic heterocycles. The highest BCUT2D eigenvalue weighted by molar-refractivity contribution is 7.92. The number of benzene rings is 2. The average molecular weight is 693 g/mol. The molecule has 2 aromatic carbocycles. The summed E-state index contributed by atoms with van der Waals surface area (Å²) in [4.78, 5) is 23.9. The second-order valence-electron chi connectivity index (χ2n) is 13.9. The van der Waals surface area contributed by atoms with E-state index in [1.54, 1.807) is 18.3 Å².